The highest BCUT2D eigenvalue weighted by atomic mass is 32.2. The van der Waals surface area contributed by atoms with E-state index in [1.807, 2.05) is 31.2 Å². The number of pyridine rings is 1. The molecule has 0 spiro atoms. The van der Waals surface area contributed by atoms with Gasteiger partial charge in [-0.25, -0.2) is 4.39 Å². The Labute approximate surface area is 104 Å². The molecule has 0 aliphatic heterocycles. The van der Waals surface area contributed by atoms with Gasteiger partial charge in [-0.15, -0.1) is 11.8 Å². The van der Waals surface area contributed by atoms with Crippen LogP contribution in [0.1, 0.15) is 11.4 Å². The Hall–Kier alpha value is -1.55. The summed E-state index contributed by atoms with van der Waals surface area (Å²) in [5.74, 6) is 0.359. The number of nitrogens with two attached hydrogens (primary N) is 1. The molecule has 1 aromatic heterocycles. The first-order chi connectivity index (χ1) is 8.15. The summed E-state index contributed by atoms with van der Waals surface area (Å²) in [4.78, 5) is 5.25. The van der Waals surface area contributed by atoms with Crippen LogP contribution in [0.5, 0.6) is 0 Å². The van der Waals surface area contributed by atoms with Crippen molar-refractivity contribution in [2.75, 3.05) is 5.73 Å². The van der Waals surface area contributed by atoms with Crippen molar-refractivity contribution in [3.63, 3.8) is 0 Å². The van der Waals surface area contributed by atoms with Gasteiger partial charge in [0.25, 0.3) is 0 Å². The maximum Gasteiger partial charge on any atom is 0.147 e. The van der Waals surface area contributed by atoms with Crippen molar-refractivity contribution in [1.29, 1.82) is 0 Å². The van der Waals surface area contributed by atoms with Crippen LogP contribution >= 0.6 is 11.8 Å². The number of thioether (sulfide) groups is 1. The largest absolute Gasteiger partial charge is 0.396 e. The van der Waals surface area contributed by atoms with Gasteiger partial charge in [-0.05, 0) is 37.3 Å². The van der Waals surface area contributed by atoms with Crippen LogP contribution in [0.25, 0.3) is 0 Å². The van der Waals surface area contributed by atoms with Crippen molar-refractivity contribution in [2.24, 2.45) is 0 Å². The summed E-state index contributed by atoms with van der Waals surface area (Å²) in [7, 11) is 0. The van der Waals surface area contributed by atoms with E-state index in [0.717, 1.165) is 22.0 Å². The number of aryl methyl sites for hydroxylation is 1. The molecule has 0 saturated heterocycles. The highest BCUT2D eigenvalue weighted by Gasteiger charge is 2.02. The van der Waals surface area contributed by atoms with Gasteiger partial charge < -0.3 is 5.73 Å². The Morgan fingerprint density at radius 1 is 1.29 bits per heavy atom. The summed E-state index contributed by atoms with van der Waals surface area (Å²) in [6, 6.07) is 10.8. The van der Waals surface area contributed by atoms with E-state index in [2.05, 4.69) is 4.98 Å². The maximum absolute atomic E-state index is 13.2. The fourth-order valence-corrected chi connectivity index (χ4v) is 2.26. The Morgan fingerprint density at radius 2 is 2.12 bits per heavy atom. The average Bonchev–Trinajstić information content (AvgIpc) is 2.31. The number of halogens is 1. The molecule has 0 radical (unpaired) electrons. The zero-order valence-corrected chi connectivity index (χ0v) is 10.3. The normalized spacial score (nSPS) is 10.5. The number of nitrogen functional groups attached to an aromatic ring is 1. The molecule has 2 nitrogen and oxygen atoms in total. The molecular formula is C13H13FN2S. The van der Waals surface area contributed by atoms with Crippen molar-refractivity contribution in [3.05, 3.63) is 53.6 Å². The van der Waals surface area contributed by atoms with Gasteiger partial charge in [0.05, 0.1) is 11.4 Å². The molecule has 1 heterocycles. The molecule has 2 rings (SSSR count). The molecule has 17 heavy (non-hydrogen) atoms. The summed E-state index contributed by atoms with van der Waals surface area (Å²) >= 11 is 1.55. The zero-order valence-electron chi connectivity index (χ0n) is 9.48. The zero-order chi connectivity index (χ0) is 12.3. The molecule has 1 aromatic carbocycles. The highest BCUT2D eigenvalue weighted by molar-refractivity contribution is 7.98. The molecule has 0 saturated carbocycles. The van der Waals surface area contributed by atoms with Crippen LogP contribution in [-0.2, 0) is 5.75 Å². The summed E-state index contributed by atoms with van der Waals surface area (Å²) in [5.41, 5.74) is 7.59. The average molecular weight is 248 g/mol. The number of aromatic nitrogens is 1. The highest BCUT2D eigenvalue weighted by Crippen LogP contribution is 2.24. The number of hydrogen-bond donors (Lipinski definition) is 1. The quantitative estimate of drug-likeness (QED) is 0.668. The van der Waals surface area contributed by atoms with Crippen LogP contribution in [0.15, 0.2) is 41.3 Å². The molecule has 0 atom stereocenters. The second kappa shape index (κ2) is 5.19. The predicted octanol–water partition coefficient (Wildman–Crippen LogP) is 3.40. The van der Waals surface area contributed by atoms with Gasteiger partial charge in [-0.2, -0.15) is 0 Å². The first kappa shape index (κ1) is 11.9. The van der Waals surface area contributed by atoms with Crippen molar-refractivity contribution < 1.29 is 4.39 Å². The molecule has 4 heteroatoms. The lowest BCUT2D eigenvalue weighted by atomic mass is 10.3. The van der Waals surface area contributed by atoms with Gasteiger partial charge in [0.2, 0.25) is 0 Å². The molecule has 0 aliphatic carbocycles. The minimum absolute atomic E-state index is 0.183. The van der Waals surface area contributed by atoms with E-state index in [9.17, 15) is 4.39 Å². The lowest BCUT2D eigenvalue weighted by Crippen LogP contribution is -1.91. The first-order valence-corrected chi connectivity index (χ1v) is 6.24. The van der Waals surface area contributed by atoms with E-state index in [4.69, 9.17) is 5.73 Å². The van der Waals surface area contributed by atoms with Crippen LogP contribution in [0.2, 0.25) is 0 Å². The van der Waals surface area contributed by atoms with Gasteiger partial charge in [-0.1, -0.05) is 6.07 Å². The van der Waals surface area contributed by atoms with Crippen molar-refractivity contribution in [3.8, 4) is 0 Å². The third-order valence-corrected chi connectivity index (χ3v) is 3.33. The third-order valence-electron chi connectivity index (χ3n) is 2.30. The molecule has 0 aliphatic rings. The van der Waals surface area contributed by atoms with Crippen molar-refractivity contribution in [2.45, 2.75) is 17.6 Å². The summed E-state index contributed by atoms with van der Waals surface area (Å²) in [6.45, 7) is 1.96. The Kier molecular flexibility index (Phi) is 3.64. The molecule has 0 amide bonds. The lowest BCUT2D eigenvalue weighted by Gasteiger charge is -2.03. The summed E-state index contributed by atoms with van der Waals surface area (Å²) in [5, 5.41) is 0. The third kappa shape index (κ3) is 3.20. The Morgan fingerprint density at radius 3 is 2.82 bits per heavy atom. The maximum atomic E-state index is 13.2. The SMILES string of the molecule is Cc1cccc(CSc2ccc(N)c(F)c2)n1. The van der Waals surface area contributed by atoms with Crippen LogP contribution in [0.4, 0.5) is 10.1 Å². The van der Waals surface area contributed by atoms with Crippen LogP contribution < -0.4 is 5.73 Å². The molecule has 0 fully saturated rings. The van der Waals surface area contributed by atoms with Crippen molar-refractivity contribution in [1.82, 2.24) is 4.98 Å². The first-order valence-electron chi connectivity index (χ1n) is 5.25. The van der Waals surface area contributed by atoms with E-state index < -0.39 is 0 Å². The standard InChI is InChI=1S/C13H13FN2S/c1-9-3-2-4-10(16-9)8-17-11-5-6-13(15)12(14)7-11/h2-7H,8,15H2,1H3. The number of anilines is 1. The molecule has 2 aromatic rings. The lowest BCUT2D eigenvalue weighted by molar-refractivity contribution is 0.629. The van der Waals surface area contributed by atoms with Gasteiger partial charge in [0, 0.05) is 16.3 Å². The minimum Gasteiger partial charge on any atom is -0.396 e. The van der Waals surface area contributed by atoms with Crippen LogP contribution in [0.3, 0.4) is 0 Å². The summed E-state index contributed by atoms with van der Waals surface area (Å²) in [6.07, 6.45) is 0. The van der Waals surface area contributed by atoms with E-state index in [1.54, 1.807) is 17.8 Å². The topological polar surface area (TPSA) is 38.9 Å². The van der Waals surface area contributed by atoms with Gasteiger partial charge >= 0.3 is 0 Å². The second-order valence-electron chi connectivity index (χ2n) is 3.74. The monoisotopic (exact) mass is 248 g/mol. The number of rotatable bonds is 3. The molecule has 0 bridgehead atoms. The van der Waals surface area contributed by atoms with Gasteiger partial charge in [-0.3, -0.25) is 4.98 Å². The van der Waals surface area contributed by atoms with E-state index in [-0.39, 0.29) is 11.5 Å². The Balaban J connectivity index is 2.05. The molecule has 88 valence electrons. The number of hydrogen-bond acceptors (Lipinski definition) is 3. The summed E-state index contributed by atoms with van der Waals surface area (Å²) < 4.78 is 13.2. The molecule has 2 N–H and O–H groups in total. The number of nitrogens with zero attached hydrogens (tertiary/aromatic N) is 1. The second-order valence-corrected chi connectivity index (χ2v) is 4.79. The Bertz CT molecular complexity index is 529. The van der Waals surface area contributed by atoms with E-state index >= 15 is 0 Å². The van der Waals surface area contributed by atoms with E-state index in [0.29, 0.717) is 0 Å². The minimum atomic E-state index is -0.368. The smallest absolute Gasteiger partial charge is 0.147 e. The molecule has 0 unspecified atom stereocenters. The van der Waals surface area contributed by atoms with Crippen LogP contribution in [0, 0.1) is 12.7 Å². The predicted molar refractivity (Wildman–Crippen MR) is 69.3 cm³/mol. The molecular weight excluding hydrogens is 235 g/mol. The fourth-order valence-electron chi connectivity index (χ4n) is 1.43. The van der Waals surface area contributed by atoms with E-state index in [1.165, 1.54) is 6.07 Å². The van der Waals surface area contributed by atoms with Gasteiger partial charge in [0.1, 0.15) is 5.82 Å². The van der Waals surface area contributed by atoms with Crippen molar-refractivity contribution >= 4 is 17.4 Å². The van der Waals surface area contributed by atoms with Crippen LogP contribution in [-0.4, -0.2) is 4.98 Å². The fraction of sp³-hybridized carbons (Fsp3) is 0.154. The number of benzene rings is 1. The van der Waals surface area contributed by atoms with Gasteiger partial charge in [0.15, 0.2) is 0 Å².